The van der Waals surface area contributed by atoms with E-state index in [1.807, 2.05) is 50.5 Å². The highest BCUT2D eigenvalue weighted by Crippen LogP contribution is 2.45. The number of benzene rings is 2. The molecule has 4 heteroatoms. The number of nitrogens with zero attached hydrogens (tertiary/aromatic N) is 3. The van der Waals surface area contributed by atoms with E-state index in [1.54, 1.807) is 11.8 Å². The van der Waals surface area contributed by atoms with E-state index in [0.717, 1.165) is 26.6 Å². The van der Waals surface area contributed by atoms with Crippen LogP contribution in [0, 0.1) is 17.9 Å². The lowest BCUT2D eigenvalue weighted by molar-refractivity contribution is 1.13. The molecule has 0 amide bonds. The Hall–Kier alpha value is -2.95. The summed E-state index contributed by atoms with van der Waals surface area (Å²) in [6, 6.07) is 18.2. The minimum atomic E-state index is 0.130. The molecule has 0 radical (unpaired) electrons. The molecule has 1 aliphatic heterocycles. The van der Waals surface area contributed by atoms with Gasteiger partial charge in [0.05, 0.1) is 12.6 Å². The molecule has 2 aromatic rings. The molecule has 0 aliphatic carbocycles. The van der Waals surface area contributed by atoms with Gasteiger partial charge >= 0.3 is 0 Å². The Balaban J connectivity index is 2.12. The van der Waals surface area contributed by atoms with Crippen molar-refractivity contribution in [1.29, 1.82) is 5.26 Å². The molecular weight excluding hydrogens is 314 g/mol. The first-order valence-corrected chi connectivity index (χ1v) is 8.24. The topological polar surface area (TPSA) is 31.4 Å². The van der Waals surface area contributed by atoms with Gasteiger partial charge in [-0.3, -0.25) is 0 Å². The van der Waals surface area contributed by atoms with Gasteiger partial charge in [0.15, 0.2) is 0 Å². The first-order chi connectivity index (χ1) is 11.6. The van der Waals surface area contributed by atoms with Crippen molar-refractivity contribution in [1.82, 2.24) is 0 Å². The fraction of sp³-hybridized carbons (Fsp3) is 0.100. The Morgan fingerprint density at radius 3 is 2.46 bits per heavy atom. The summed E-state index contributed by atoms with van der Waals surface area (Å²) in [6.45, 7) is 7.29. The van der Waals surface area contributed by atoms with Crippen LogP contribution < -0.4 is 4.90 Å². The number of fused-ring (bicyclic) bond motifs is 1. The van der Waals surface area contributed by atoms with E-state index in [9.17, 15) is 5.26 Å². The van der Waals surface area contributed by atoms with Gasteiger partial charge in [-0.1, -0.05) is 42.1 Å². The SMILES string of the molecule is [C-]#[N+]C(C#N)=C1C=C(c2ccc(N(C)C)cc2)Sc2ccccc21. The molecule has 1 aliphatic rings. The van der Waals surface area contributed by atoms with Crippen LogP contribution in [0.4, 0.5) is 5.69 Å². The highest BCUT2D eigenvalue weighted by Gasteiger charge is 2.19. The van der Waals surface area contributed by atoms with Gasteiger partial charge in [-0.15, -0.1) is 0 Å². The molecule has 0 aromatic heterocycles. The Morgan fingerprint density at radius 1 is 1.12 bits per heavy atom. The molecule has 0 unspecified atom stereocenters. The molecule has 1 heterocycles. The number of hydrogen-bond donors (Lipinski definition) is 0. The van der Waals surface area contributed by atoms with Crippen molar-refractivity contribution in [3.8, 4) is 6.07 Å². The summed E-state index contributed by atoms with van der Waals surface area (Å²) in [6.07, 6.45) is 1.95. The molecule has 0 spiro atoms. The van der Waals surface area contributed by atoms with Gasteiger partial charge in [-0.25, -0.2) is 10.1 Å². The summed E-state index contributed by atoms with van der Waals surface area (Å²) < 4.78 is 0. The van der Waals surface area contributed by atoms with Gasteiger partial charge < -0.3 is 4.90 Å². The average molecular weight is 329 g/mol. The van der Waals surface area contributed by atoms with Gasteiger partial charge in [-0.2, -0.15) is 0 Å². The molecule has 2 aromatic carbocycles. The maximum absolute atomic E-state index is 9.29. The Kier molecular flexibility index (Phi) is 4.42. The van der Waals surface area contributed by atoms with E-state index in [-0.39, 0.29) is 5.70 Å². The van der Waals surface area contributed by atoms with Crippen LogP contribution in [0.2, 0.25) is 0 Å². The smallest absolute Gasteiger partial charge is 0.269 e. The normalized spacial score (nSPS) is 14.8. The molecule has 0 atom stereocenters. The van der Waals surface area contributed by atoms with Crippen LogP contribution in [0.15, 0.2) is 65.2 Å². The predicted octanol–water partition coefficient (Wildman–Crippen LogP) is 5.05. The standard InChI is InChI=1S/C20H15N3S/c1-22-18(13-21)17-12-20(24-19-7-5-4-6-16(17)19)14-8-10-15(11-9-14)23(2)3/h4-12H,2-3H3. The van der Waals surface area contributed by atoms with Gasteiger partial charge in [0.2, 0.25) is 0 Å². The van der Waals surface area contributed by atoms with Crippen LogP contribution in [0.5, 0.6) is 0 Å². The third-order valence-corrected chi connectivity index (χ3v) is 4.96. The number of thioether (sulfide) groups is 1. The quantitative estimate of drug-likeness (QED) is 0.570. The van der Waals surface area contributed by atoms with Gasteiger partial charge in [0, 0.05) is 35.2 Å². The molecule has 0 fully saturated rings. The summed E-state index contributed by atoms with van der Waals surface area (Å²) in [5.74, 6) is 0. The fourth-order valence-electron chi connectivity index (χ4n) is 2.54. The average Bonchev–Trinajstić information content (AvgIpc) is 2.62. The highest BCUT2D eigenvalue weighted by molar-refractivity contribution is 8.08. The molecule has 3 rings (SSSR count). The Labute approximate surface area is 146 Å². The van der Waals surface area contributed by atoms with Crippen LogP contribution in [0.3, 0.4) is 0 Å². The number of rotatable bonds is 2. The zero-order valence-corrected chi connectivity index (χ0v) is 14.3. The molecule has 0 saturated carbocycles. The second kappa shape index (κ2) is 6.66. The van der Waals surface area contributed by atoms with Crippen LogP contribution in [-0.4, -0.2) is 14.1 Å². The monoisotopic (exact) mass is 329 g/mol. The van der Waals surface area contributed by atoms with E-state index >= 15 is 0 Å². The van der Waals surface area contributed by atoms with Gasteiger partial charge in [0.25, 0.3) is 5.70 Å². The van der Waals surface area contributed by atoms with Crippen molar-refractivity contribution in [2.75, 3.05) is 19.0 Å². The molecule has 0 saturated heterocycles. The lowest BCUT2D eigenvalue weighted by Crippen LogP contribution is -2.08. The maximum atomic E-state index is 9.29. The van der Waals surface area contributed by atoms with E-state index < -0.39 is 0 Å². The second-order valence-corrected chi connectivity index (χ2v) is 6.62. The third kappa shape index (κ3) is 2.93. The highest BCUT2D eigenvalue weighted by atomic mass is 32.2. The van der Waals surface area contributed by atoms with Crippen molar-refractivity contribution < 1.29 is 0 Å². The maximum Gasteiger partial charge on any atom is 0.269 e. The van der Waals surface area contributed by atoms with Crippen LogP contribution in [0.1, 0.15) is 11.1 Å². The minimum Gasteiger partial charge on any atom is -0.378 e. The van der Waals surface area contributed by atoms with E-state index in [1.165, 1.54) is 0 Å². The molecule has 0 bridgehead atoms. The lowest BCUT2D eigenvalue weighted by atomic mass is 10.0. The summed E-state index contributed by atoms with van der Waals surface area (Å²) in [5, 5.41) is 9.29. The zero-order chi connectivity index (χ0) is 17.1. The predicted molar refractivity (Wildman–Crippen MR) is 100 cm³/mol. The zero-order valence-electron chi connectivity index (χ0n) is 13.4. The molecule has 24 heavy (non-hydrogen) atoms. The minimum absolute atomic E-state index is 0.130. The van der Waals surface area contributed by atoms with E-state index in [2.05, 4.69) is 34.0 Å². The number of allylic oxidation sites excluding steroid dienone is 3. The first-order valence-electron chi connectivity index (χ1n) is 7.42. The van der Waals surface area contributed by atoms with Crippen molar-refractivity contribution in [3.63, 3.8) is 0 Å². The van der Waals surface area contributed by atoms with Crippen molar-refractivity contribution in [2.45, 2.75) is 4.90 Å². The van der Waals surface area contributed by atoms with Crippen molar-refractivity contribution >= 4 is 27.9 Å². The van der Waals surface area contributed by atoms with Crippen LogP contribution in [-0.2, 0) is 0 Å². The number of nitriles is 1. The number of hydrogen-bond acceptors (Lipinski definition) is 3. The largest absolute Gasteiger partial charge is 0.378 e. The Bertz CT molecular complexity index is 907. The van der Waals surface area contributed by atoms with Crippen molar-refractivity contribution in [3.05, 3.63) is 82.8 Å². The summed E-state index contributed by atoms with van der Waals surface area (Å²) in [4.78, 5) is 7.57. The van der Waals surface area contributed by atoms with Gasteiger partial charge in [-0.05, 0) is 35.4 Å². The summed E-state index contributed by atoms with van der Waals surface area (Å²) in [5.41, 5.74) is 4.00. The molecule has 3 nitrogen and oxygen atoms in total. The lowest BCUT2D eigenvalue weighted by Gasteiger charge is -2.20. The van der Waals surface area contributed by atoms with E-state index in [4.69, 9.17) is 6.57 Å². The first kappa shape index (κ1) is 15.9. The van der Waals surface area contributed by atoms with Crippen LogP contribution in [0.25, 0.3) is 15.3 Å². The number of anilines is 1. The molecule has 0 N–H and O–H groups in total. The third-order valence-electron chi connectivity index (χ3n) is 3.81. The summed E-state index contributed by atoms with van der Waals surface area (Å²) >= 11 is 1.67. The Morgan fingerprint density at radius 2 is 1.83 bits per heavy atom. The second-order valence-electron chi connectivity index (χ2n) is 5.53. The fourth-order valence-corrected chi connectivity index (χ4v) is 3.64. The summed E-state index contributed by atoms with van der Waals surface area (Å²) in [7, 11) is 4.02. The molecular formula is C20H15N3S. The van der Waals surface area contributed by atoms with Gasteiger partial charge in [0.1, 0.15) is 0 Å². The van der Waals surface area contributed by atoms with Crippen molar-refractivity contribution in [2.24, 2.45) is 0 Å². The van der Waals surface area contributed by atoms with Crippen LogP contribution >= 0.6 is 11.8 Å². The molecule has 116 valence electrons. The van der Waals surface area contributed by atoms with E-state index in [0.29, 0.717) is 5.57 Å².